The molecule has 1 aliphatic rings. The lowest BCUT2D eigenvalue weighted by Crippen LogP contribution is -2.29. The van der Waals surface area contributed by atoms with Gasteiger partial charge < -0.3 is 9.84 Å². The van der Waals surface area contributed by atoms with Crippen LogP contribution in [0.25, 0.3) is 5.76 Å². The number of hydrogen-bond acceptors (Lipinski definition) is 5. The van der Waals surface area contributed by atoms with Gasteiger partial charge in [0, 0.05) is 16.1 Å². The first kappa shape index (κ1) is 21.8. The van der Waals surface area contributed by atoms with Gasteiger partial charge in [-0.25, -0.2) is 0 Å². The van der Waals surface area contributed by atoms with E-state index in [1.807, 2.05) is 54.8 Å². The van der Waals surface area contributed by atoms with E-state index in [2.05, 4.69) is 13.8 Å². The largest absolute Gasteiger partial charge is 0.507 e. The summed E-state index contributed by atoms with van der Waals surface area (Å²) >= 11 is 1.44. The van der Waals surface area contributed by atoms with Gasteiger partial charge in [0.15, 0.2) is 0 Å². The molecule has 1 atom stereocenters. The predicted molar refractivity (Wildman–Crippen MR) is 127 cm³/mol. The highest BCUT2D eigenvalue weighted by Gasteiger charge is 2.47. The molecule has 1 aromatic heterocycles. The summed E-state index contributed by atoms with van der Waals surface area (Å²) in [5.74, 6) is -0.592. The molecule has 1 saturated heterocycles. The van der Waals surface area contributed by atoms with Crippen LogP contribution in [0.4, 0.5) is 5.69 Å². The molecule has 6 heteroatoms. The lowest BCUT2D eigenvalue weighted by Gasteiger charge is -2.25. The molecule has 1 aliphatic heterocycles. The van der Waals surface area contributed by atoms with Crippen LogP contribution in [0.5, 0.6) is 5.75 Å². The van der Waals surface area contributed by atoms with Gasteiger partial charge in [-0.15, -0.1) is 11.3 Å². The summed E-state index contributed by atoms with van der Waals surface area (Å²) in [5.41, 5.74) is 2.05. The van der Waals surface area contributed by atoms with Crippen LogP contribution in [0.1, 0.15) is 35.9 Å². The summed E-state index contributed by atoms with van der Waals surface area (Å²) in [7, 11) is 0. The SMILES string of the molecule is Cc1ccccc1N1C(=O)C(=O)/C(=C(\O)c2cccc(OCC(C)C)c2)C1c1cccs1. The van der Waals surface area contributed by atoms with Crippen LogP contribution in [-0.2, 0) is 9.59 Å². The number of anilines is 1. The van der Waals surface area contributed by atoms with Crippen molar-refractivity contribution in [2.24, 2.45) is 5.92 Å². The van der Waals surface area contributed by atoms with Gasteiger partial charge in [-0.1, -0.05) is 50.2 Å². The Labute approximate surface area is 191 Å². The maximum absolute atomic E-state index is 13.2. The molecule has 164 valence electrons. The number of ether oxygens (including phenoxy) is 1. The van der Waals surface area contributed by atoms with Gasteiger partial charge in [-0.05, 0) is 48.1 Å². The van der Waals surface area contributed by atoms with E-state index < -0.39 is 17.7 Å². The zero-order valence-corrected chi connectivity index (χ0v) is 19.1. The van der Waals surface area contributed by atoms with Gasteiger partial charge in [-0.3, -0.25) is 14.5 Å². The molecular formula is C26H25NO4S. The third-order valence-electron chi connectivity index (χ3n) is 5.32. The monoisotopic (exact) mass is 447 g/mol. The van der Waals surface area contributed by atoms with Gasteiger partial charge in [0.1, 0.15) is 17.6 Å². The van der Waals surface area contributed by atoms with Crippen molar-refractivity contribution in [3.8, 4) is 5.75 Å². The number of ketones is 1. The van der Waals surface area contributed by atoms with E-state index in [1.165, 1.54) is 16.2 Å². The van der Waals surface area contributed by atoms with Crippen molar-refractivity contribution in [1.82, 2.24) is 0 Å². The maximum atomic E-state index is 13.2. The fourth-order valence-corrected chi connectivity index (χ4v) is 4.61. The number of rotatable bonds is 6. The molecule has 4 rings (SSSR count). The molecule has 0 saturated carbocycles. The number of amides is 1. The van der Waals surface area contributed by atoms with Crippen LogP contribution in [0.15, 0.2) is 71.6 Å². The fourth-order valence-electron chi connectivity index (χ4n) is 3.78. The number of para-hydroxylation sites is 1. The summed E-state index contributed by atoms with van der Waals surface area (Å²) in [6.45, 7) is 6.54. The number of aliphatic hydroxyl groups is 1. The number of aliphatic hydroxyl groups excluding tert-OH is 1. The zero-order valence-electron chi connectivity index (χ0n) is 18.2. The van der Waals surface area contributed by atoms with Gasteiger partial charge in [0.25, 0.3) is 11.7 Å². The Bertz CT molecular complexity index is 1180. The highest BCUT2D eigenvalue weighted by atomic mass is 32.1. The molecule has 1 amide bonds. The second-order valence-corrected chi connectivity index (χ2v) is 9.18. The number of carbonyl (C=O) groups is 2. The van der Waals surface area contributed by atoms with E-state index in [0.29, 0.717) is 29.5 Å². The van der Waals surface area contributed by atoms with Crippen molar-refractivity contribution >= 4 is 34.5 Å². The van der Waals surface area contributed by atoms with E-state index in [0.717, 1.165) is 10.4 Å². The molecular weight excluding hydrogens is 422 g/mol. The first-order valence-electron chi connectivity index (χ1n) is 10.5. The van der Waals surface area contributed by atoms with Crippen LogP contribution >= 0.6 is 11.3 Å². The number of carbonyl (C=O) groups excluding carboxylic acids is 2. The Balaban J connectivity index is 1.84. The van der Waals surface area contributed by atoms with Crippen molar-refractivity contribution in [3.63, 3.8) is 0 Å². The molecule has 1 unspecified atom stereocenters. The van der Waals surface area contributed by atoms with Crippen LogP contribution in [0, 0.1) is 12.8 Å². The summed E-state index contributed by atoms with van der Waals surface area (Å²) < 4.78 is 5.78. The molecule has 5 nitrogen and oxygen atoms in total. The summed E-state index contributed by atoms with van der Waals surface area (Å²) in [5, 5.41) is 13.1. The minimum absolute atomic E-state index is 0.0849. The summed E-state index contributed by atoms with van der Waals surface area (Å²) in [6, 6.07) is 17.5. The lowest BCUT2D eigenvalue weighted by molar-refractivity contribution is -0.132. The van der Waals surface area contributed by atoms with Crippen molar-refractivity contribution in [1.29, 1.82) is 0 Å². The Morgan fingerprint density at radius 2 is 1.88 bits per heavy atom. The average molecular weight is 448 g/mol. The lowest BCUT2D eigenvalue weighted by atomic mass is 9.99. The van der Waals surface area contributed by atoms with E-state index in [9.17, 15) is 14.7 Å². The third-order valence-corrected chi connectivity index (χ3v) is 6.25. The number of aryl methyl sites for hydroxylation is 1. The highest BCUT2D eigenvalue weighted by Crippen LogP contribution is 2.44. The van der Waals surface area contributed by atoms with E-state index in [4.69, 9.17) is 4.74 Å². The smallest absolute Gasteiger partial charge is 0.300 e. The van der Waals surface area contributed by atoms with E-state index in [-0.39, 0.29) is 11.3 Å². The van der Waals surface area contributed by atoms with Gasteiger partial charge in [-0.2, -0.15) is 0 Å². The molecule has 0 aliphatic carbocycles. The van der Waals surface area contributed by atoms with Crippen molar-refractivity contribution < 1.29 is 19.4 Å². The van der Waals surface area contributed by atoms with Crippen LogP contribution < -0.4 is 9.64 Å². The van der Waals surface area contributed by atoms with Gasteiger partial charge >= 0.3 is 0 Å². The van der Waals surface area contributed by atoms with E-state index in [1.54, 1.807) is 18.2 Å². The van der Waals surface area contributed by atoms with Crippen LogP contribution in [0.3, 0.4) is 0 Å². The van der Waals surface area contributed by atoms with Crippen LogP contribution in [0.2, 0.25) is 0 Å². The minimum atomic E-state index is -0.698. The molecule has 1 N–H and O–H groups in total. The van der Waals surface area contributed by atoms with Crippen molar-refractivity contribution in [2.75, 3.05) is 11.5 Å². The topological polar surface area (TPSA) is 66.8 Å². The maximum Gasteiger partial charge on any atom is 0.300 e. The Kier molecular flexibility index (Phi) is 6.15. The van der Waals surface area contributed by atoms with Crippen LogP contribution in [-0.4, -0.2) is 23.4 Å². The zero-order chi connectivity index (χ0) is 22.8. The molecule has 0 radical (unpaired) electrons. The summed E-state index contributed by atoms with van der Waals surface area (Å²) in [4.78, 5) is 28.7. The normalized spacial score (nSPS) is 17.9. The first-order valence-corrected chi connectivity index (χ1v) is 11.4. The number of Topliss-reactive ketones (excluding diaryl/α,β-unsaturated/α-hetero) is 1. The molecule has 0 spiro atoms. The van der Waals surface area contributed by atoms with Crippen molar-refractivity contribution in [3.05, 3.63) is 87.6 Å². The van der Waals surface area contributed by atoms with Crippen molar-refractivity contribution in [2.45, 2.75) is 26.8 Å². The number of thiophene rings is 1. The number of nitrogens with zero attached hydrogens (tertiary/aromatic N) is 1. The fraction of sp³-hybridized carbons (Fsp3) is 0.231. The minimum Gasteiger partial charge on any atom is -0.507 e. The summed E-state index contributed by atoms with van der Waals surface area (Å²) in [6.07, 6.45) is 0. The van der Waals surface area contributed by atoms with Gasteiger partial charge in [0.2, 0.25) is 0 Å². The Hall–Kier alpha value is -3.38. The second kappa shape index (κ2) is 9.01. The second-order valence-electron chi connectivity index (χ2n) is 8.20. The molecule has 2 aromatic carbocycles. The third kappa shape index (κ3) is 4.06. The number of hydrogen-bond donors (Lipinski definition) is 1. The van der Waals surface area contributed by atoms with E-state index >= 15 is 0 Å². The highest BCUT2D eigenvalue weighted by molar-refractivity contribution is 7.10. The standard InChI is InChI=1S/C26H25NO4S/c1-16(2)15-31-19-10-6-9-18(14-19)24(28)22-23(21-12-7-13-32-21)27(26(30)25(22)29)20-11-5-4-8-17(20)3/h4-14,16,23,28H,15H2,1-3H3/b24-22-. The van der Waals surface area contributed by atoms with Gasteiger partial charge in [0.05, 0.1) is 12.2 Å². The predicted octanol–water partition coefficient (Wildman–Crippen LogP) is 5.72. The average Bonchev–Trinajstić information content (AvgIpc) is 3.40. The molecule has 32 heavy (non-hydrogen) atoms. The molecule has 0 bridgehead atoms. The quantitative estimate of drug-likeness (QED) is 0.298. The first-order chi connectivity index (χ1) is 15.4. The molecule has 3 aromatic rings. The molecule has 1 fully saturated rings. The number of benzene rings is 2. The Morgan fingerprint density at radius 1 is 1.09 bits per heavy atom. The molecule has 2 heterocycles. The Morgan fingerprint density at radius 3 is 2.56 bits per heavy atom.